The van der Waals surface area contributed by atoms with Gasteiger partial charge in [-0.15, -0.1) is 0 Å². The molecule has 0 aromatic rings. The molecule has 0 bridgehead atoms. The highest BCUT2D eigenvalue weighted by Crippen LogP contribution is 2.17. The molecule has 0 spiro atoms. The molecule has 108 valence electrons. The van der Waals surface area contributed by atoms with E-state index in [0.717, 1.165) is 25.7 Å². The number of amides is 3. The zero-order chi connectivity index (χ0) is 13.7. The molecule has 2 rings (SSSR count). The lowest BCUT2D eigenvalue weighted by Crippen LogP contribution is -2.48. The number of piperidine rings is 1. The Hall–Kier alpha value is -1.14. The lowest BCUT2D eigenvalue weighted by molar-refractivity contribution is -0.121. The third-order valence-corrected chi connectivity index (χ3v) is 3.87. The highest BCUT2D eigenvalue weighted by atomic mass is 16.3. The topological polar surface area (TPSA) is 81.7 Å². The number of likely N-dealkylation sites (tertiary alicyclic amines) is 1. The van der Waals surface area contributed by atoms with Crippen LogP contribution in [0.4, 0.5) is 4.79 Å². The summed E-state index contributed by atoms with van der Waals surface area (Å²) in [6.07, 6.45) is 5.45. The summed E-state index contributed by atoms with van der Waals surface area (Å²) in [5.41, 5.74) is 0. The van der Waals surface area contributed by atoms with Crippen LogP contribution in [0.25, 0.3) is 0 Å². The van der Waals surface area contributed by atoms with Crippen LogP contribution in [-0.4, -0.2) is 53.7 Å². The fraction of sp³-hybridized carbons (Fsp3) is 0.846. The molecule has 0 aromatic carbocycles. The van der Waals surface area contributed by atoms with E-state index in [1.54, 1.807) is 0 Å². The molecular weight excluding hydrogens is 246 g/mol. The average Bonchev–Trinajstić information content (AvgIpc) is 2.84. The Kier molecular flexibility index (Phi) is 5.15. The molecule has 19 heavy (non-hydrogen) atoms. The summed E-state index contributed by atoms with van der Waals surface area (Å²) >= 11 is 0. The summed E-state index contributed by atoms with van der Waals surface area (Å²) in [5.74, 6) is -0.271. The predicted molar refractivity (Wildman–Crippen MR) is 70.6 cm³/mol. The number of aliphatic hydroxyl groups excluding tert-OH is 1. The molecule has 0 radical (unpaired) electrons. The van der Waals surface area contributed by atoms with E-state index in [0.29, 0.717) is 25.9 Å². The molecule has 1 aliphatic carbocycles. The molecule has 0 unspecified atom stereocenters. The second kappa shape index (κ2) is 6.86. The predicted octanol–water partition coefficient (Wildman–Crippen LogP) is 0.212. The second-order valence-corrected chi connectivity index (χ2v) is 5.51. The maximum atomic E-state index is 11.7. The summed E-state index contributed by atoms with van der Waals surface area (Å²) in [5, 5.41) is 14.6. The Morgan fingerprint density at radius 1 is 1.11 bits per heavy atom. The van der Waals surface area contributed by atoms with Crippen LogP contribution in [0.1, 0.15) is 38.5 Å². The van der Waals surface area contributed by atoms with E-state index in [9.17, 15) is 14.7 Å². The van der Waals surface area contributed by atoms with Crippen molar-refractivity contribution in [2.75, 3.05) is 19.6 Å². The number of nitrogens with one attached hydrogen (secondary N) is 2. The van der Waals surface area contributed by atoms with Gasteiger partial charge in [-0.05, 0) is 25.7 Å². The molecule has 0 aromatic heterocycles. The van der Waals surface area contributed by atoms with Crippen molar-refractivity contribution in [2.24, 2.45) is 0 Å². The molecule has 6 heteroatoms. The minimum absolute atomic E-state index is 0.220. The molecule has 3 N–H and O–H groups in total. The number of rotatable bonds is 3. The van der Waals surface area contributed by atoms with Crippen molar-refractivity contribution in [3.63, 3.8) is 0 Å². The third kappa shape index (κ3) is 4.80. The van der Waals surface area contributed by atoms with Gasteiger partial charge >= 0.3 is 6.03 Å². The molecule has 6 nitrogen and oxygen atoms in total. The lowest BCUT2D eigenvalue weighted by Gasteiger charge is -2.28. The number of urea groups is 1. The molecule has 1 heterocycles. The normalized spacial score (nSPS) is 22.4. The first-order valence-corrected chi connectivity index (χ1v) is 7.14. The number of carbonyl (C=O) groups is 2. The van der Waals surface area contributed by atoms with Gasteiger partial charge in [-0.2, -0.15) is 0 Å². The highest BCUT2D eigenvalue weighted by molar-refractivity contribution is 5.95. The number of carbonyl (C=O) groups excluding carboxylic acids is 2. The number of aliphatic hydroxyl groups is 1. The van der Waals surface area contributed by atoms with Gasteiger partial charge in [0, 0.05) is 19.1 Å². The van der Waals surface area contributed by atoms with Gasteiger partial charge in [-0.1, -0.05) is 12.8 Å². The molecule has 0 atom stereocenters. The highest BCUT2D eigenvalue weighted by Gasteiger charge is 2.21. The van der Waals surface area contributed by atoms with Crippen LogP contribution in [0.5, 0.6) is 0 Å². The Balaban J connectivity index is 1.64. The molecule has 1 saturated heterocycles. The van der Waals surface area contributed by atoms with Crippen LogP contribution in [0.3, 0.4) is 0 Å². The van der Waals surface area contributed by atoms with Crippen LogP contribution >= 0.6 is 0 Å². The average molecular weight is 269 g/mol. The quantitative estimate of drug-likeness (QED) is 0.684. The number of hydrogen-bond donors (Lipinski definition) is 3. The van der Waals surface area contributed by atoms with E-state index in [-0.39, 0.29) is 30.6 Å². The smallest absolute Gasteiger partial charge is 0.321 e. The van der Waals surface area contributed by atoms with E-state index < -0.39 is 0 Å². The summed E-state index contributed by atoms with van der Waals surface area (Å²) < 4.78 is 0. The van der Waals surface area contributed by atoms with Gasteiger partial charge in [0.15, 0.2) is 0 Å². The molecule has 2 fully saturated rings. The Labute approximate surface area is 113 Å². The van der Waals surface area contributed by atoms with Gasteiger partial charge in [0.05, 0.1) is 12.6 Å². The first kappa shape index (κ1) is 14.3. The van der Waals surface area contributed by atoms with Crippen molar-refractivity contribution in [1.29, 1.82) is 0 Å². The largest absolute Gasteiger partial charge is 0.393 e. The molecule has 1 saturated carbocycles. The number of nitrogens with zero attached hydrogens (tertiary/aromatic N) is 1. The zero-order valence-corrected chi connectivity index (χ0v) is 11.2. The van der Waals surface area contributed by atoms with E-state index in [2.05, 4.69) is 10.6 Å². The summed E-state index contributed by atoms with van der Waals surface area (Å²) in [6.45, 7) is 1.64. The van der Waals surface area contributed by atoms with Crippen molar-refractivity contribution in [2.45, 2.75) is 50.7 Å². The van der Waals surface area contributed by atoms with E-state index in [1.165, 1.54) is 0 Å². The van der Waals surface area contributed by atoms with Crippen LogP contribution < -0.4 is 10.6 Å². The molecule has 2 aliphatic rings. The van der Waals surface area contributed by atoms with Crippen LogP contribution in [0.15, 0.2) is 0 Å². The Morgan fingerprint density at radius 3 is 2.37 bits per heavy atom. The van der Waals surface area contributed by atoms with E-state index >= 15 is 0 Å². The standard InChI is InChI=1S/C13H23N3O3/c17-11-5-7-16(8-6-11)9-12(18)15-13(19)14-10-3-1-2-4-10/h10-11,17H,1-9H2,(H2,14,15,18,19). The number of imide groups is 1. The first-order valence-electron chi connectivity index (χ1n) is 7.14. The van der Waals surface area contributed by atoms with Gasteiger partial charge in [0.1, 0.15) is 0 Å². The van der Waals surface area contributed by atoms with Crippen LogP contribution in [0, 0.1) is 0 Å². The van der Waals surface area contributed by atoms with Crippen molar-refractivity contribution < 1.29 is 14.7 Å². The fourth-order valence-electron chi connectivity index (χ4n) is 2.74. The van der Waals surface area contributed by atoms with E-state index in [1.807, 2.05) is 4.90 Å². The van der Waals surface area contributed by atoms with Gasteiger partial charge in [0.2, 0.25) is 5.91 Å². The Bertz CT molecular complexity index is 321. The van der Waals surface area contributed by atoms with Crippen LogP contribution in [0.2, 0.25) is 0 Å². The minimum Gasteiger partial charge on any atom is -0.393 e. The first-order chi connectivity index (χ1) is 9.13. The minimum atomic E-state index is -0.381. The monoisotopic (exact) mass is 269 g/mol. The zero-order valence-electron chi connectivity index (χ0n) is 11.2. The van der Waals surface area contributed by atoms with Crippen molar-refractivity contribution in [1.82, 2.24) is 15.5 Å². The van der Waals surface area contributed by atoms with E-state index in [4.69, 9.17) is 0 Å². The second-order valence-electron chi connectivity index (χ2n) is 5.51. The molecular formula is C13H23N3O3. The van der Waals surface area contributed by atoms with Crippen molar-refractivity contribution in [3.05, 3.63) is 0 Å². The van der Waals surface area contributed by atoms with Gasteiger partial charge in [0.25, 0.3) is 0 Å². The molecule has 3 amide bonds. The third-order valence-electron chi connectivity index (χ3n) is 3.87. The van der Waals surface area contributed by atoms with Gasteiger partial charge in [-0.25, -0.2) is 4.79 Å². The van der Waals surface area contributed by atoms with Gasteiger partial charge < -0.3 is 10.4 Å². The fourth-order valence-corrected chi connectivity index (χ4v) is 2.74. The van der Waals surface area contributed by atoms with Gasteiger partial charge in [-0.3, -0.25) is 15.0 Å². The van der Waals surface area contributed by atoms with Crippen LogP contribution in [-0.2, 0) is 4.79 Å². The van der Waals surface area contributed by atoms with Crippen molar-refractivity contribution >= 4 is 11.9 Å². The maximum Gasteiger partial charge on any atom is 0.321 e. The summed E-state index contributed by atoms with van der Waals surface area (Å²) in [7, 11) is 0. The Morgan fingerprint density at radius 2 is 1.74 bits per heavy atom. The molecule has 1 aliphatic heterocycles. The number of hydrogen-bond acceptors (Lipinski definition) is 4. The maximum absolute atomic E-state index is 11.7. The summed E-state index contributed by atoms with van der Waals surface area (Å²) in [6, 6.07) is -0.160. The SMILES string of the molecule is O=C(CN1CCC(O)CC1)NC(=O)NC1CCCC1. The summed E-state index contributed by atoms with van der Waals surface area (Å²) in [4.78, 5) is 25.3. The lowest BCUT2D eigenvalue weighted by atomic mass is 10.1. The van der Waals surface area contributed by atoms with Crippen molar-refractivity contribution in [3.8, 4) is 0 Å².